The second-order valence-corrected chi connectivity index (χ2v) is 5.19. The van der Waals surface area contributed by atoms with Crippen molar-refractivity contribution in [3.63, 3.8) is 0 Å². The molecule has 0 aromatic carbocycles. The zero-order chi connectivity index (χ0) is 13.0. The lowest BCUT2D eigenvalue weighted by molar-refractivity contribution is -0.127. The monoisotopic (exact) mass is 242 g/mol. The smallest absolute Gasteiger partial charge is 0.237 e. The average molecular weight is 242 g/mol. The maximum Gasteiger partial charge on any atom is 0.237 e. The van der Waals surface area contributed by atoms with Gasteiger partial charge in [0, 0.05) is 12.1 Å². The van der Waals surface area contributed by atoms with Crippen LogP contribution >= 0.6 is 0 Å². The molecule has 0 spiro atoms. The predicted octanol–water partition coefficient (Wildman–Crippen LogP) is 1.13. The molecule has 4 atom stereocenters. The van der Waals surface area contributed by atoms with E-state index in [4.69, 9.17) is 5.11 Å². The Morgan fingerprint density at radius 1 is 1.41 bits per heavy atom. The van der Waals surface area contributed by atoms with Crippen molar-refractivity contribution in [2.24, 2.45) is 0 Å². The lowest BCUT2D eigenvalue weighted by Gasteiger charge is -2.32. The van der Waals surface area contributed by atoms with Crippen molar-refractivity contribution >= 4 is 5.91 Å². The molecule has 1 heterocycles. The number of carbonyl (C=O) groups is 1. The van der Waals surface area contributed by atoms with E-state index in [2.05, 4.69) is 24.1 Å². The van der Waals surface area contributed by atoms with Crippen LogP contribution < -0.4 is 5.32 Å². The van der Waals surface area contributed by atoms with Crippen molar-refractivity contribution in [3.8, 4) is 0 Å². The summed E-state index contributed by atoms with van der Waals surface area (Å²) in [6.45, 7) is 8.29. The minimum atomic E-state index is -0.113. The Hall–Kier alpha value is -0.610. The van der Waals surface area contributed by atoms with E-state index < -0.39 is 0 Å². The molecule has 1 aliphatic rings. The minimum Gasteiger partial charge on any atom is -0.394 e. The Balaban J connectivity index is 2.56. The summed E-state index contributed by atoms with van der Waals surface area (Å²) in [6.07, 6.45) is 3.09. The SMILES string of the molecule is CC[C@H](CO)NC(=O)[C@H](C)N1[C@H](C)CC[C@H]1C. The summed E-state index contributed by atoms with van der Waals surface area (Å²) in [5.41, 5.74) is 0. The average Bonchev–Trinajstić information content (AvgIpc) is 2.64. The molecule has 0 aliphatic carbocycles. The highest BCUT2D eigenvalue weighted by Gasteiger charge is 2.34. The Morgan fingerprint density at radius 2 is 1.94 bits per heavy atom. The van der Waals surface area contributed by atoms with Gasteiger partial charge in [-0.15, -0.1) is 0 Å². The zero-order valence-corrected chi connectivity index (χ0v) is 11.4. The lowest BCUT2D eigenvalue weighted by atomic mass is 10.1. The van der Waals surface area contributed by atoms with Crippen LogP contribution in [0.1, 0.15) is 47.0 Å². The summed E-state index contributed by atoms with van der Waals surface area (Å²) >= 11 is 0. The minimum absolute atomic E-state index is 0.0140. The Morgan fingerprint density at radius 3 is 2.35 bits per heavy atom. The van der Waals surface area contributed by atoms with E-state index in [0.717, 1.165) is 19.3 Å². The summed E-state index contributed by atoms with van der Waals surface area (Å²) in [6, 6.07) is 0.723. The van der Waals surface area contributed by atoms with Crippen molar-refractivity contribution in [1.82, 2.24) is 10.2 Å². The molecular weight excluding hydrogens is 216 g/mol. The molecule has 100 valence electrons. The van der Waals surface area contributed by atoms with Crippen LogP contribution in [0.5, 0.6) is 0 Å². The van der Waals surface area contributed by atoms with Gasteiger partial charge in [0.1, 0.15) is 0 Å². The molecule has 4 nitrogen and oxygen atoms in total. The van der Waals surface area contributed by atoms with Crippen molar-refractivity contribution < 1.29 is 9.90 Å². The molecule has 1 saturated heterocycles. The quantitative estimate of drug-likeness (QED) is 0.760. The van der Waals surface area contributed by atoms with E-state index in [1.807, 2.05) is 13.8 Å². The van der Waals surface area contributed by atoms with Gasteiger partial charge >= 0.3 is 0 Å². The molecule has 1 aliphatic heterocycles. The third kappa shape index (κ3) is 3.42. The van der Waals surface area contributed by atoms with Gasteiger partial charge in [0.15, 0.2) is 0 Å². The summed E-state index contributed by atoms with van der Waals surface area (Å²) in [7, 11) is 0. The predicted molar refractivity (Wildman–Crippen MR) is 68.8 cm³/mol. The van der Waals surface area contributed by atoms with Crippen molar-refractivity contribution in [1.29, 1.82) is 0 Å². The van der Waals surface area contributed by atoms with Gasteiger partial charge in [-0.2, -0.15) is 0 Å². The highest BCUT2D eigenvalue weighted by atomic mass is 16.3. The molecule has 17 heavy (non-hydrogen) atoms. The first-order valence-corrected chi connectivity index (χ1v) is 6.69. The van der Waals surface area contributed by atoms with E-state index in [1.165, 1.54) is 0 Å². The summed E-state index contributed by atoms with van der Waals surface area (Å²) in [4.78, 5) is 14.4. The van der Waals surface area contributed by atoms with E-state index >= 15 is 0 Å². The molecule has 4 heteroatoms. The van der Waals surface area contributed by atoms with Gasteiger partial charge in [-0.05, 0) is 40.0 Å². The fraction of sp³-hybridized carbons (Fsp3) is 0.923. The topological polar surface area (TPSA) is 52.6 Å². The molecule has 1 fully saturated rings. The number of nitrogens with one attached hydrogen (secondary N) is 1. The second kappa shape index (κ2) is 6.36. The summed E-state index contributed by atoms with van der Waals surface area (Å²) in [5.74, 6) is 0.0338. The number of aliphatic hydroxyl groups is 1. The molecule has 1 amide bonds. The van der Waals surface area contributed by atoms with Crippen LogP contribution in [0.25, 0.3) is 0 Å². The van der Waals surface area contributed by atoms with E-state index in [1.54, 1.807) is 0 Å². The van der Waals surface area contributed by atoms with E-state index in [9.17, 15) is 4.79 Å². The molecule has 0 saturated carbocycles. The van der Waals surface area contributed by atoms with Crippen LogP contribution in [0.3, 0.4) is 0 Å². The molecule has 0 radical (unpaired) electrons. The number of nitrogens with zero attached hydrogens (tertiary/aromatic N) is 1. The second-order valence-electron chi connectivity index (χ2n) is 5.19. The Bertz CT molecular complexity index is 244. The number of rotatable bonds is 5. The fourth-order valence-corrected chi connectivity index (χ4v) is 2.71. The van der Waals surface area contributed by atoms with Crippen molar-refractivity contribution in [3.05, 3.63) is 0 Å². The van der Waals surface area contributed by atoms with Gasteiger partial charge in [-0.3, -0.25) is 9.69 Å². The third-order valence-corrected chi connectivity index (χ3v) is 3.91. The first-order valence-electron chi connectivity index (χ1n) is 6.69. The first-order chi connectivity index (χ1) is 8.01. The molecule has 0 aromatic rings. The van der Waals surface area contributed by atoms with Crippen LogP contribution in [-0.4, -0.2) is 46.7 Å². The van der Waals surface area contributed by atoms with Gasteiger partial charge in [0.05, 0.1) is 18.7 Å². The Kier molecular flexibility index (Phi) is 5.40. The maximum atomic E-state index is 12.1. The highest BCUT2D eigenvalue weighted by Crippen LogP contribution is 2.25. The third-order valence-electron chi connectivity index (χ3n) is 3.91. The van der Waals surface area contributed by atoms with Gasteiger partial charge in [-0.25, -0.2) is 0 Å². The maximum absolute atomic E-state index is 12.1. The Labute approximate surface area is 104 Å². The standard InChI is InChI=1S/C13H26N2O2/c1-5-12(8-16)14-13(17)11(4)15-9(2)6-7-10(15)3/h9-12,16H,5-8H2,1-4H3,(H,14,17)/t9-,10-,11+,12-/m1/s1. The number of hydrogen-bond acceptors (Lipinski definition) is 3. The van der Waals surface area contributed by atoms with Crippen LogP contribution in [0.4, 0.5) is 0 Å². The number of likely N-dealkylation sites (tertiary alicyclic amines) is 1. The van der Waals surface area contributed by atoms with Crippen molar-refractivity contribution in [2.75, 3.05) is 6.61 Å². The van der Waals surface area contributed by atoms with Crippen molar-refractivity contribution in [2.45, 2.75) is 71.1 Å². The zero-order valence-electron chi connectivity index (χ0n) is 11.4. The van der Waals surface area contributed by atoms with Gasteiger partial charge in [0.2, 0.25) is 5.91 Å². The van der Waals surface area contributed by atoms with Crippen LogP contribution in [0.2, 0.25) is 0 Å². The van der Waals surface area contributed by atoms with E-state index in [0.29, 0.717) is 12.1 Å². The normalized spacial score (nSPS) is 29.0. The van der Waals surface area contributed by atoms with Crippen LogP contribution in [-0.2, 0) is 4.79 Å². The van der Waals surface area contributed by atoms with Gasteiger partial charge < -0.3 is 10.4 Å². The number of hydrogen-bond donors (Lipinski definition) is 2. The number of amides is 1. The largest absolute Gasteiger partial charge is 0.394 e. The summed E-state index contributed by atoms with van der Waals surface area (Å²) in [5, 5.41) is 12.0. The molecule has 0 aromatic heterocycles. The van der Waals surface area contributed by atoms with Gasteiger partial charge in [-0.1, -0.05) is 6.92 Å². The lowest BCUT2D eigenvalue weighted by Crippen LogP contribution is -2.51. The molecule has 0 bridgehead atoms. The first kappa shape index (κ1) is 14.5. The molecule has 0 unspecified atom stereocenters. The highest BCUT2D eigenvalue weighted by molar-refractivity contribution is 5.81. The number of aliphatic hydroxyl groups excluding tert-OH is 1. The summed E-state index contributed by atoms with van der Waals surface area (Å²) < 4.78 is 0. The van der Waals surface area contributed by atoms with Crippen LogP contribution in [0.15, 0.2) is 0 Å². The number of carbonyl (C=O) groups excluding carboxylic acids is 1. The molecule has 2 N–H and O–H groups in total. The van der Waals surface area contributed by atoms with Crippen LogP contribution in [0, 0.1) is 0 Å². The molecule has 1 rings (SSSR count). The molecular formula is C13H26N2O2. The fourth-order valence-electron chi connectivity index (χ4n) is 2.71. The van der Waals surface area contributed by atoms with Gasteiger partial charge in [0.25, 0.3) is 0 Å². The van der Waals surface area contributed by atoms with E-state index in [-0.39, 0.29) is 24.6 Å².